The number of carbonyl (C=O) groups is 2. The van der Waals surface area contributed by atoms with Crippen LogP contribution in [0, 0.1) is 12.8 Å². The van der Waals surface area contributed by atoms with E-state index in [1.165, 1.54) is 0 Å². The molecule has 3 rings (SSSR count). The molecular formula is C24H32N2O4. The van der Waals surface area contributed by atoms with Crippen LogP contribution in [0.3, 0.4) is 0 Å². The van der Waals surface area contributed by atoms with Crippen molar-refractivity contribution in [1.82, 2.24) is 9.80 Å². The number of likely N-dealkylation sites (tertiary alicyclic amines) is 1. The molecule has 2 aromatic rings. The van der Waals surface area contributed by atoms with Crippen molar-refractivity contribution in [2.45, 2.75) is 52.1 Å². The predicted molar refractivity (Wildman–Crippen MR) is 115 cm³/mol. The lowest BCUT2D eigenvalue weighted by Gasteiger charge is -2.42. The van der Waals surface area contributed by atoms with E-state index in [2.05, 4.69) is 6.92 Å². The first kappa shape index (κ1) is 21.9. The maximum Gasteiger partial charge on any atom is 0.228 e. The van der Waals surface area contributed by atoms with Crippen LogP contribution >= 0.6 is 0 Å². The number of aryl methyl sites for hydroxylation is 1. The van der Waals surface area contributed by atoms with Crippen LogP contribution in [0.2, 0.25) is 0 Å². The Morgan fingerprint density at radius 2 is 2.03 bits per heavy atom. The van der Waals surface area contributed by atoms with Crippen LogP contribution in [0.15, 0.2) is 40.8 Å². The van der Waals surface area contributed by atoms with Gasteiger partial charge in [-0.15, -0.1) is 0 Å². The van der Waals surface area contributed by atoms with E-state index in [1.807, 2.05) is 48.2 Å². The first-order valence-corrected chi connectivity index (χ1v) is 10.7. The maximum absolute atomic E-state index is 13.5. The summed E-state index contributed by atoms with van der Waals surface area (Å²) in [5, 5.41) is 0. The second-order valence-electron chi connectivity index (χ2n) is 7.98. The summed E-state index contributed by atoms with van der Waals surface area (Å²) in [5.41, 5.74) is 0.893. The van der Waals surface area contributed by atoms with Crippen molar-refractivity contribution in [1.29, 1.82) is 0 Å². The van der Waals surface area contributed by atoms with E-state index >= 15 is 0 Å². The molecule has 2 heterocycles. The molecular weight excluding hydrogens is 380 g/mol. The van der Waals surface area contributed by atoms with Crippen LogP contribution in [-0.2, 0) is 16.1 Å². The van der Waals surface area contributed by atoms with Gasteiger partial charge < -0.3 is 19.0 Å². The molecule has 0 spiro atoms. The largest absolute Gasteiger partial charge is 0.496 e. The minimum Gasteiger partial charge on any atom is -0.496 e. The van der Waals surface area contributed by atoms with Crippen LogP contribution < -0.4 is 4.74 Å². The number of hydrogen-bond donors (Lipinski definition) is 0. The number of para-hydroxylation sites is 1. The first-order valence-electron chi connectivity index (χ1n) is 10.7. The average Bonchev–Trinajstić information content (AvgIpc) is 3.16. The maximum atomic E-state index is 13.5. The number of methoxy groups -OCH3 is 1. The number of nitrogens with zero attached hydrogens (tertiary/aromatic N) is 2. The van der Waals surface area contributed by atoms with Crippen molar-refractivity contribution in [2.75, 3.05) is 20.7 Å². The quantitative estimate of drug-likeness (QED) is 0.647. The molecule has 30 heavy (non-hydrogen) atoms. The number of benzene rings is 1. The number of unbranched alkanes of at least 4 members (excludes halogenated alkanes) is 1. The van der Waals surface area contributed by atoms with Gasteiger partial charge in [-0.25, -0.2) is 0 Å². The van der Waals surface area contributed by atoms with Crippen LogP contribution in [0.1, 0.15) is 55.7 Å². The second kappa shape index (κ2) is 9.83. The monoisotopic (exact) mass is 412 g/mol. The number of furan rings is 1. The number of amides is 2. The lowest BCUT2D eigenvalue weighted by molar-refractivity contribution is -0.148. The third-order valence-corrected chi connectivity index (χ3v) is 5.80. The first-order chi connectivity index (χ1) is 14.5. The van der Waals surface area contributed by atoms with Gasteiger partial charge in [-0.3, -0.25) is 9.59 Å². The zero-order chi connectivity index (χ0) is 21.7. The van der Waals surface area contributed by atoms with Gasteiger partial charge in [0, 0.05) is 25.6 Å². The van der Waals surface area contributed by atoms with Gasteiger partial charge in [-0.2, -0.15) is 0 Å². The van der Waals surface area contributed by atoms with E-state index in [4.69, 9.17) is 9.15 Å². The standard InChI is InChI=1S/C24H32N2O4/c1-5-6-15-26-22(27)14-13-20(23(26)19-9-7-8-10-21(19)29-4)24(28)25(3)16-18-12-11-17(2)30-18/h7-12,20,23H,5-6,13-16H2,1-4H3. The summed E-state index contributed by atoms with van der Waals surface area (Å²) in [7, 11) is 3.42. The second-order valence-corrected chi connectivity index (χ2v) is 7.98. The zero-order valence-electron chi connectivity index (χ0n) is 18.4. The van der Waals surface area contributed by atoms with Gasteiger partial charge in [0.05, 0.1) is 25.6 Å². The summed E-state index contributed by atoms with van der Waals surface area (Å²) in [5.74, 6) is 2.10. The van der Waals surface area contributed by atoms with Gasteiger partial charge in [0.15, 0.2) is 0 Å². The van der Waals surface area contributed by atoms with E-state index in [-0.39, 0.29) is 23.8 Å². The molecule has 2 unspecified atom stereocenters. The predicted octanol–water partition coefficient (Wildman–Crippen LogP) is 4.34. The summed E-state index contributed by atoms with van der Waals surface area (Å²) in [4.78, 5) is 30.0. The number of piperidine rings is 1. The molecule has 1 aromatic heterocycles. The van der Waals surface area contributed by atoms with Crippen LogP contribution in [0.4, 0.5) is 0 Å². The van der Waals surface area contributed by atoms with E-state index in [0.717, 1.165) is 29.9 Å². The Morgan fingerprint density at radius 1 is 1.27 bits per heavy atom. The van der Waals surface area contributed by atoms with Crippen molar-refractivity contribution < 1.29 is 18.7 Å². The lowest BCUT2D eigenvalue weighted by Crippen LogP contribution is -2.48. The highest BCUT2D eigenvalue weighted by molar-refractivity contribution is 5.85. The molecule has 6 heteroatoms. The van der Waals surface area contributed by atoms with Crippen molar-refractivity contribution in [3.63, 3.8) is 0 Å². The summed E-state index contributed by atoms with van der Waals surface area (Å²) in [6.07, 6.45) is 2.81. The Labute approximate surface area is 178 Å². The Balaban J connectivity index is 1.93. The molecule has 1 fully saturated rings. The van der Waals surface area contributed by atoms with E-state index in [1.54, 1.807) is 19.1 Å². The fourth-order valence-corrected chi connectivity index (χ4v) is 4.26. The van der Waals surface area contributed by atoms with Gasteiger partial charge in [-0.05, 0) is 38.0 Å². The third-order valence-electron chi connectivity index (χ3n) is 5.80. The highest BCUT2D eigenvalue weighted by Crippen LogP contribution is 2.41. The van der Waals surface area contributed by atoms with E-state index in [9.17, 15) is 9.59 Å². The number of hydrogen-bond acceptors (Lipinski definition) is 4. The van der Waals surface area contributed by atoms with Crippen molar-refractivity contribution in [3.8, 4) is 5.75 Å². The minimum absolute atomic E-state index is 0.0222. The lowest BCUT2D eigenvalue weighted by atomic mass is 9.82. The number of carbonyl (C=O) groups excluding carboxylic acids is 2. The molecule has 1 aliphatic heterocycles. The summed E-state index contributed by atoms with van der Waals surface area (Å²) in [6, 6.07) is 11.2. The van der Waals surface area contributed by atoms with Gasteiger partial charge in [-0.1, -0.05) is 31.5 Å². The topological polar surface area (TPSA) is 63.0 Å². The highest BCUT2D eigenvalue weighted by Gasteiger charge is 2.42. The van der Waals surface area contributed by atoms with Gasteiger partial charge in [0.25, 0.3) is 0 Å². The fourth-order valence-electron chi connectivity index (χ4n) is 4.26. The molecule has 1 saturated heterocycles. The third kappa shape index (κ3) is 4.69. The average molecular weight is 413 g/mol. The molecule has 0 saturated carbocycles. The van der Waals surface area contributed by atoms with Gasteiger partial charge in [0.2, 0.25) is 11.8 Å². The Morgan fingerprint density at radius 3 is 2.70 bits per heavy atom. The van der Waals surface area contributed by atoms with Gasteiger partial charge >= 0.3 is 0 Å². The molecule has 1 aliphatic rings. The Hall–Kier alpha value is -2.76. The number of rotatable bonds is 8. The zero-order valence-corrected chi connectivity index (χ0v) is 18.4. The minimum atomic E-state index is -0.331. The molecule has 0 aliphatic carbocycles. The van der Waals surface area contributed by atoms with Crippen LogP contribution in [0.5, 0.6) is 5.75 Å². The molecule has 2 atom stereocenters. The molecule has 162 valence electrons. The van der Waals surface area contributed by atoms with Crippen molar-refractivity contribution >= 4 is 11.8 Å². The summed E-state index contributed by atoms with van der Waals surface area (Å²) >= 11 is 0. The van der Waals surface area contributed by atoms with E-state index < -0.39 is 0 Å². The molecule has 0 radical (unpaired) electrons. The summed E-state index contributed by atoms with van der Waals surface area (Å²) in [6.45, 7) is 5.04. The Bertz CT molecular complexity index is 876. The van der Waals surface area contributed by atoms with E-state index in [0.29, 0.717) is 31.7 Å². The van der Waals surface area contributed by atoms with Crippen molar-refractivity contribution in [3.05, 3.63) is 53.5 Å². The Kier molecular flexibility index (Phi) is 7.19. The molecule has 6 nitrogen and oxygen atoms in total. The molecule has 0 bridgehead atoms. The fraction of sp³-hybridized carbons (Fsp3) is 0.500. The highest BCUT2D eigenvalue weighted by atomic mass is 16.5. The SMILES string of the molecule is CCCCN1C(=O)CCC(C(=O)N(C)Cc2ccc(C)o2)C1c1ccccc1OC. The molecule has 0 N–H and O–H groups in total. The van der Waals surface area contributed by atoms with Crippen LogP contribution in [-0.4, -0.2) is 42.3 Å². The molecule has 1 aromatic carbocycles. The van der Waals surface area contributed by atoms with Gasteiger partial charge in [0.1, 0.15) is 17.3 Å². The summed E-state index contributed by atoms with van der Waals surface area (Å²) < 4.78 is 11.2. The smallest absolute Gasteiger partial charge is 0.228 e. The van der Waals surface area contributed by atoms with Crippen molar-refractivity contribution in [2.24, 2.45) is 5.92 Å². The normalized spacial score (nSPS) is 19.1. The van der Waals surface area contributed by atoms with Crippen LogP contribution in [0.25, 0.3) is 0 Å². The molecule has 2 amide bonds. The number of ether oxygens (including phenoxy) is 1.